The first-order chi connectivity index (χ1) is 14.8. The first kappa shape index (κ1) is 22.8. The molecule has 3 aliphatic rings. The summed E-state index contributed by atoms with van der Waals surface area (Å²) in [5, 5.41) is 12.2. The number of carbonyl (C=O) groups is 1. The summed E-state index contributed by atoms with van der Waals surface area (Å²) in [5.41, 5.74) is -0.692. The molecule has 9 heteroatoms. The number of hydrogen-bond acceptors (Lipinski definition) is 4. The summed E-state index contributed by atoms with van der Waals surface area (Å²) in [6.45, 7) is 5.40. The van der Waals surface area contributed by atoms with Crippen molar-refractivity contribution in [2.45, 2.75) is 49.4 Å². The van der Waals surface area contributed by atoms with Crippen LogP contribution in [0.1, 0.15) is 42.6 Å². The zero-order valence-corrected chi connectivity index (χ0v) is 18.6. The lowest BCUT2D eigenvalue weighted by Crippen LogP contribution is -2.65. The lowest BCUT2D eigenvalue weighted by atomic mass is 9.48. The average molecular weight is 468 g/mol. The minimum absolute atomic E-state index is 0.0133. The van der Waals surface area contributed by atoms with Crippen molar-refractivity contribution < 1.29 is 31.5 Å². The van der Waals surface area contributed by atoms with E-state index in [0.717, 1.165) is 0 Å². The van der Waals surface area contributed by atoms with Crippen LogP contribution in [0.4, 0.5) is 18.9 Å². The molecule has 2 unspecified atom stereocenters. The quantitative estimate of drug-likeness (QED) is 0.659. The van der Waals surface area contributed by atoms with E-state index in [0.29, 0.717) is 30.5 Å². The molecule has 0 heterocycles. The number of aliphatic hydroxyl groups is 1. The second kappa shape index (κ2) is 7.59. The Hall–Kier alpha value is -2.39. The molecule has 0 saturated heterocycles. The topological polar surface area (TPSA) is 83.5 Å². The molecule has 3 saturated carbocycles. The van der Waals surface area contributed by atoms with E-state index < -0.39 is 44.0 Å². The van der Waals surface area contributed by atoms with Gasteiger partial charge in [0, 0.05) is 23.4 Å². The van der Waals surface area contributed by atoms with E-state index >= 15 is 0 Å². The number of amides is 1. The maximum Gasteiger partial charge on any atom is 0.255 e. The molecule has 32 heavy (non-hydrogen) atoms. The first-order valence-corrected chi connectivity index (χ1v) is 11.9. The number of benzene rings is 2. The molecule has 172 valence electrons. The molecule has 0 aromatic heterocycles. The number of halogens is 3. The highest BCUT2D eigenvalue weighted by molar-refractivity contribution is 7.92. The van der Waals surface area contributed by atoms with Crippen LogP contribution >= 0.6 is 0 Å². The normalized spacial score (nSPS) is 29.3. The molecule has 2 aromatic carbocycles. The van der Waals surface area contributed by atoms with Crippen molar-refractivity contribution in [1.82, 2.24) is 0 Å². The minimum atomic E-state index is -3.78. The van der Waals surface area contributed by atoms with Crippen molar-refractivity contribution in [3.63, 3.8) is 0 Å². The predicted octanol–water partition coefficient (Wildman–Crippen LogP) is 4.23. The van der Waals surface area contributed by atoms with E-state index in [9.17, 15) is 31.5 Å². The fourth-order valence-electron chi connectivity index (χ4n) is 5.38. The van der Waals surface area contributed by atoms with Gasteiger partial charge < -0.3 is 10.4 Å². The first-order valence-electron chi connectivity index (χ1n) is 10.4. The summed E-state index contributed by atoms with van der Waals surface area (Å²) in [4.78, 5) is 12.6. The van der Waals surface area contributed by atoms with Crippen LogP contribution in [-0.2, 0) is 9.84 Å². The molecule has 3 fully saturated rings. The van der Waals surface area contributed by atoms with Gasteiger partial charge in [-0.05, 0) is 62.1 Å². The molecule has 0 spiro atoms. The number of nitrogens with one attached hydrogen (secondary N) is 1. The van der Waals surface area contributed by atoms with E-state index in [1.807, 2.05) is 6.92 Å². The van der Waals surface area contributed by atoms with Gasteiger partial charge in [0.05, 0.1) is 15.7 Å². The molecular weight excluding hydrogens is 443 g/mol. The van der Waals surface area contributed by atoms with Crippen molar-refractivity contribution in [3.8, 4) is 0 Å². The molecule has 1 amide bonds. The van der Waals surface area contributed by atoms with Gasteiger partial charge in [-0.15, -0.1) is 0 Å². The van der Waals surface area contributed by atoms with Gasteiger partial charge >= 0.3 is 0 Å². The van der Waals surface area contributed by atoms with Crippen molar-refractivity contribution in [1.29, 1.82) is 0 Å². The van der Waals surface area contributed by atoms with Crippen LogP contribution in [0.5, 0.6) is 0 Å². The summed E-state index contributed by atoms with van der Waals surface area (Å²) >= 11 is 0. The number of rotatable bonds is 4. The number of aryl methyl sites for hydroxylation is 1. The van der Waals surface area contributed by atoms with Crippen molar-refractivity contribution in [2.24, 2.45) is 17.8 Å². The smallest absolute Gasteiger partial charge is 0.255 e. The lowest BCUT2D eigenvalue weighted by Gasteiger charge is -2.61. The monoisotopic (exact) mass is 467 g/mol. The fourth-order valence-corrected chi connectivity index (χ4v) is 7.47. The Bertz CT molecular complexity index is 1170. The molecule has 2 atom stereocenters. The van der Waals surface area contributed by atoms with Gasteiger partial charge in [-0.1, -0.05) is 13.0 Å². The Kier molecular flexibility index (Phi) is 5.40. The largest absolute Gasteiger partial charge is 0.390 e. The number of anilines is 1. The highest BCUT2D eigenvalue weighted by atomic mass is 32.2. The third kappa shape index (κ3) is 3.51. The molecule has 0 radical (unpaired) electrons. The van der Waals surface area contributed by atoms with Gasteiger partial charge in [0.25, 0.3) is 5.91 Å². The van der Waals surface area contributed by atoms with Gasteiger partial charge in [0.2, 0.25) is 0 Å². The van der Waals surface area contributed by atoms with Crippen molar-refractivity contribution in [2.75, 3.05) is 5.32 Å². The van der Waals surface area contributed by atoms with E-state index in [1.54, 1.807) is 13.8 Å². The minimum Gasteiger partial charge on any atom is -0.390 e. The number of fused-ring (bicyclic) bond motifs is 2. The number of hydrogen-bond donors (Lipinski definition) is 2. The van der Waals surface area contributed by atoms with Crippen LogP contribution in [0.25, 0.3) is 0 Å². The second-order valence-corrected chi connectivity index (χ2v) is 11.3. The van der Waals surface area contributed by atoms with Crippen LogP contribution < -0.4 is 5.32 Å². The Labute approximate surface area is 184 Å². The van der Waals surface area contributed by atoms with Crippen LogP contribution in [0.3, 0.4) is 0 Å². The Morgan fingerprint density at radius 2 is 1.66 bits per heavy atom. The third-order valence-corrected chi connectivity index (χ3v) is 9.56. The second-order valence-electron chi connectivity index (χ2n) is 9.12. The maximum absolute atomic E-state index is 13.4. The average Bonchev–Trinajstić information content (AvgIpc) is 2.72. The Balaban J connectivity index is 1.60. The van der Waals surface area contributed by atoms with Crippen molar-refractivity contribution >= 4 is 21.4 Å². The maximum atomic E-state index is 13.4. The molecule has 3 aliphatic carbocycles. The van der Waals surface area contributed by atoms with Crippen LogP contribution in [0.2, 0.25) is 0 Å². The van der Waals surface area contributed by atoms with E-state index in [2.05, 4.69) is 5.32 Å². The molecule has 5 nitrogen and oxygen atoms in total. The summed E-state index contributed by atoms with van der Waals surface area (Å²) < 4.78 is 66.8. The summed E-state index contributed by atoms with van der Waals surface area (Å²) in [7, 11) is -3.78. The van der Waals surface area contributed by atoms with Crippen LogP contribution in [-0.4, -0.2) is 30.3 Å². The molecule has 2 N–H and O–H groups in total. The summed E-state index contributed by atoms with van der Waals surface area (Å²) in [6, 6.07) is 5.44. The van der Waals surface area contributed by atoms with Gasteiger partial charge in [-0.25, -0.2) is 21.6 Å². The number of carbonyl (C=O) groups excluding carboxylic acids is 1. The third-order valence-electron chi connectivity index (χ3n) is 7.24. The number of sulfone groups is 1. The summed E-state index contributed by atoms with van der Waals surface area (Å²) in [6.07, 6.45) is 0.688. The molecule has 2 aromatic rings. The molecule has 5 rings (SSSR count). The van der Waals surface area contributed by atoms with Crippen LogP contribution in [0, 0.1) is 42.1 Å². The Morgan fingerprint density at radius 3 is 2.19 bits per heavy atom. The highest BCUT2D eigenvalue weighted by Gasteiger charge is 2.61. The van der Waals surface area contributed by atoms with E-state index in [4.69, 9.17) is 0 Å². The van der Waals surface area contributed by atoms with E-state index in [1.165, 1.54) is 18.2 Å². The van der Waals surface area contributed by atoms with Crippen LogP contribution in [0.15, 0.2) is 35.2 Å². The molecule has 2 bridgehead atoms. The fraction of sp³-hybridized carbons (Fsp3) is 0.435. The highest BCUT2D eigenvalue weighted by Crippen LogP contribution is 2.58. The van der Waals surface area contributed by atoms with Gasteiger partial charge in [-0.2, -0.15) is 0 Å². The Morgan fingerprint density at radius 1 is 1.09 bits per heavy atom. The van der Waals surface area contributed by atoms with Gasteiger partial charge in [-0.3, -0.25) is 4.79 Å². The summed E-state index contributed by atoms with van der Waals surface area (Å²) in [5.74, 6) is -5.28. The van der Waals surface area contributed by atoms with Gasteiger partial charge in [0.1, 0.15) is 0 Å². The lowest BCUT2D eigenvalue weighted by molar-refractivity contribution is -0.204. The van der Waals surface area contributed by atoms with Gasteiger partial charge in [0.15, 0.2) is 27.3 Å². The SMILES string of the molecule is Cc1ccc(C(=O)Nc2cc(F)c(F)c(F)c2)cc1S(=O)(=O)C1CC2C(C)C(C1)C2(C)O. The molecule has 0 aliphatic heterocycles. The zero-order valence-electron chi connectivity index (χ0n) is 17.8. The predicted molar refractivity (Wildman–Crippen MR) is 112 cm³/mol. The van der Waals surface area contributed by atoms with E-state index in [-0.39, 0.29) is 33.9 Å². The van der Waals surface area contributed by atoms with Crippen molar-refractivity contribution in [3.05, 3.63) is 58.9 Å². The zero-order chi connectivity index (χ0) is 23.6. The standard InChI is InChI=1S/C23H24F3NO4S/c1-11-4-5-13(22(28)27-14-7-18(24)21(26)19(25)8-14)6-20(11)32(30,31)15-9-16-12(2)17(10-15)23(16,3)29/h4-8,12,15-17,29H,9-10H2,1-3H3,(H,27,28). The molecular formula is C23H24F3NO4S.